The van der Waals surface area contributed by atoms with E-state index in [2.05, 4.69) is 35.6 Å². The first-order valence-electron chi connectivity index (χ1n) is 6.42. The van der Waals surface area contributed by atoms with E-state index in [0.717, 1.165) is 14.7 Å². The van der Waals surface area contributed by atoms with Crippen LogP contribution in [-0.2, 0) is 0 Å². The highest BCUT2D eigenvalue weighted by Gasteiger charge is 2.21. The SMILES string of the molecule is COc1ccc(C(N)c2cccc(C)c2I)c(OC)c1Cl. The Morgan fingerprint density at radius 3 is 2.43 bits per heavy atom. The van der Waals surface area contributed by atoms with Crippen LogP contribution in [0, 0.1) is 10.5 Å². The second-order valence-electron chi connectivity index (χ2n) is 4.66. The Kier molecular flexibility index (Phi) is 5.35. The van der Waals surface area contributed by atoms with Crippen molar-refractivity contribution in [2.24, 2.45) is 5.73 Å². The second kappa shape index (κ2) is 6.85. The zero-order valence-electron chi connectivity index (χ0n) is 12.1. The zero-order chi connectivity index (χ0) is 15.6. The Hall–Kier alpha value is -0.980. The highest BCUT2D eigenvalue weighted by molar-refractivity contribution is 14.1. The fraction of sp³-hybridized carbons (Fsp3) is 0.250. The third-order valence-corrected chi connectivity index (χ3v) is 5.24. The van der Waals surface area contributed by atoms with Crippen LogP contribution < -0.4 is 15.2 Å². The lowest BCUT2D eigenvalue weighted by Gasteiger charge is -2.20. The van der Waals surface area contributed by atoms with Crippen LogP contribution in [0.5, 0.6) is 11.5 Å². The molecular formula is C16H17ClINO2. The predicted molar refractivity (Wildman–Crippen MR) is 94.5 cm³/mol. The van der Waals surface area contributed by atoms with Crippen LogP contribution in [0.15, 0.2) is 30.3 Å². The predicted octanol–water partition coefficient (Wildman–Crippen LogP) is 4.32. The largest absolute Gasteiger partial charge is 0.495 e. The average Bonchev–Trinajstić information content (AvgIpc) is 2.49. The van der Waals surface area contributed by atoms with Gasteiger partial charge in [-0.25, -0.2) is 0 Å². The van der Waals surface area contributed by atoms with Crippen LogP contribution in [0.4, 0.5) is 0 Å². The molecule has 0 aromatic heterocycles. The minimum atomic E-state index is -0.310. The van der Waals surface area contributed by atoms with E-state index in [0.29, 0.717) is 16.5 Å². The van der Waals surface area contributed by atoms with Gasteiger partial charge in [-0.05, 0) is 52.8 Å². The molecule has 3 nitrogen and oxygen atoms in total. The molecule has 0 fully saturated rings. The summed E-state index contributed by atoms with van der Waals surface area (Å²) in [6.45, 7) is 2.07. The number of methoxy groups -OCH3 is 2. The lowest BCUT2D eigenvalue weighted by atomic mass is 9.97. The molecule has 0 aliphatic heterocycles. The molecule has 2 aromatic carbocycles. The molecule has 0 aliphatic carbocycles. The number of nitrogens with two attached hydrogens (primary N) is 1. The van der Waals surface area contributed by atoms with E-state index in [1.54, 1.807) is 14.2 Å². The van der Waals surface area contributed by atoms with Crippen LogP contribution in [0.25, 0.3) is 0 Å². The van der Waals surface area contributed by atoms with Gasteiger partial charge in [0.05, 0.1) is 20.3 Å². The standard InChI is InChI=1S/C16H17ClINO2/c1-9-5-4-6-10(14(9)18)15(19)11-7-8-12(20-2)13(17)16(11)21-3/h4-8,15H,19H2,1-3H3. The lowest BCUT2D eigenvalue weighted by Crippen LogP contribution is -2.15. The van der Waals surface area contributed by atoms with Crippen molar-refractivity contribution in [3.05, 3.63) is 55.6 Å². The number of rotatable bonds is 4. The fourth-order valence-corrected chi connectivity index (χ4v) is 3.26. The van der Waals surface area contributed by atoms with Gasteiger partial charge in [-0.3, -0.25) is 0 Å². The van der Waals surface area contributed by atoms with Crippen molar-refractivity contribution in [3.63, 3.8) is 0 Å². The van der Waals surface area contributed by atoms with E-state index in [1.807, 2.05) is 24.3 Å². The first-order chi connectivity index (χ1) is 10.0. The highest BCUT2D eigenvalue weighted by Crippen LogP contribution is 2.41. The summed E-state index contributed by atoms with van der Waals surface area (Å²) in [5, 5.41) is 0.440. The molecule has 0 spiro atoms. The van der Waals surface area contributed by atoms with E-state index >= 15 is 0 Å². The summed E-state index contributed by atoms with van der Waals surface area (Å²) < 4.78 is 11.8. The number of hydrogen-bond donors (Lipinski definition) is 1. The summed E-state index contributed by atoms with van der Waals surface area (Å²) >= 11 is 8.62. The van der Waals surface area contributed by atoms with Crippen molar-refractivity contribution in [3.8, 4) is 11.5 Å². The molecule has 2 aromatic rings. The molecule has 0 saturated carbocycles. The Bertz CT molecular complexity index is 661. The number of aryl methyl sites for hydroxylation is 1. The van der Waals surface area contributed by atoms with Gasteiger partial charge in [0.2, 0.25) is 0 Å². The smallest absolute Gasteiger partial charge is 0.146 e. The minimum Gasteiger partial charge on any atom is -0.495 e. The van der Waals surface area contributed by atoms with E-state index in [-0.39, 0.29) is 6.04 Å². The highest BCUT2D eigenvalue weighted by atomic mass is 127. The van der Waals surface area contributed by atoms with E-state index in [9.17, 15) is 0 Å². The van der Waals surface area contributed by atoms with Crippen LogP contribution in [0.1, 0.15) is 22.7 Å². The normalized spacial score (nSPS) is 12.1. The molecule has 1 atom stereocenters. The molecular weight excluding hydrogens is 401 g/mol. The third-order valence-electron chi connectivity index (χ3n) is 3.41. The van der Waals surface area contributed by atoms with Gasteiger partial charge in [0.15, 0.2) is 0 Å². The second-order valence-corrected chi connectivity index (χ2v) is 6.12. The molecule has 5 heteroatoms. The first-order valence-corrected chi connectivity index (χ1v) is 7.87. The van der Waals surface area contributed by atoms with E-state index in [4.69, 9.17) is 26.8 Å². The minimum absolute atomic E-state index is 0.310. The van der Waals surface area contributed by atoms with Crippen molar-refractivity contribution < 1.29 is 9.47 Å². The van der Waals surface area contributed by atoms with Gasteiger partial charge >= 0.3 is 0 Å². The van der Waals surface area contributed by atoms with Gasteiger partial charge in [0.1, 0.15) is 16.5 Å². The summed E-state index contributed by atoms with van der Waals surface area (Å²) in [6.07, 6.45) is 0. The molecule has 2 rings (SSSR count). The van der Waals surface area contributed by atoms with Crippen LogP contribution in [0.2, 0.25) is 5.02 Å². The van der Waals surface area contributed by atoms with Crippen molar-refractivity contribution in [2.45, 2.75) is 13.0 Å². The Labute approximate surface area is 143 Å². The molecule has 0 aliphatic rings. The average molecular weight is 418 g/mol. The lowest BCUT2D eigenvalue weighted by molar-refractivity contribution is 0.390. The maximum absolute atomic E-state index is 6.44. The van der Waals surface area contributed by atoms with Gasteiger partial charge in [0.25, 0.3) is 0 Å². The number of hydrogen-bond acceptors (Lipinski definition) is 3. The van der Waals surface area contributed by atoms with Crippen molar-refractivity contribution in [2.75, 3.05) is 14.2 Å². The number of benzene rings is 2. The Balaban J connectivity index is 2.56. The monoisotopic (exact) mass is 417 g/mol. The Morgan fingerprint density at radius 2 is 1.81 bits per heavy atom. The van der Waals surface area contributed by atoms with Crippen LogP contribution in [-0.4, -0.2) is 14.2 Å². The summed E-state index contributed by atoms with van der Waals surface area (Å²) in [4.78, 5) is 0. The van der Waals surface area contributed by atoms with E-state index in [1.165, 1.54) is 5.56 Å². The summed E-state index contributed by atoms with van der Waals surface area (Å²) in [5.41, 5.74) is 9.53. The van der Waals surface area contributed by atoms with Gasteiger partial charge in [-0.1, -0.05) is 29.8 Å². The molecule has 112 valence electrons. The van der Waals surface area contributed by atoms with Crippen LogP contribution >= 0.6 is 34.2 Å². The van der Waals surface area contributed by atoms with Gasteiger partial charge in [-0.15, -0.1) is 0 Å². The summed E-state index contributed by atoms with van der Waals surface area (Å²) in [6, 6.07) is 9.49. The zero-order valence-corrected chi connectivity index (χ0v) is 15.0. The topological polar surface area (TPSA) is 44.5 Å². The molecule has 0 bridgehead atoms. The number of halogens is 2. The Morgan fingerprint density at radius 1 is 1.10 bits per heavy atom. The van der Waals surface area contributed by atoms with Crippen LogP contribution in [0.3, 0.4) is 0 Å². The summed E-state index contributed by atoms with van der Waals surface area (Å²) in [7, 11) is 3.15. The third kappa shape index (κ3) is 3.12. The summed E-state index contributed by atoms with van der Waals surface area (Å²) in [5.74, 6) is 1.13. The molecule has 21 heavy (non-hydrogen) atoms. The maximum Gasteiger partial charge on any atom is 0.146 e. The van der Waals surface area contributed by atoms with E-state index < -0.39 is 0 Å². The molecule has 0 saturated heterocycles. The van der Waals surface area contributed by atoms with Gasteiger partial charge in [0, 0.05) is 9.13 Å². The molecule has 2 N–H and O–H groups in total. The molecule has 0 heterocycles. The first kappa shape index (κ1) is 16.4. The van der Waals surface area contributed by atoms with Gasteiger partial charge < -0.3 is 15.2 Å². The number of ether oxygens (including phenoxy) is 2. The van der Waals surface area contributed by atoms with Crippen molar-refractivity contribution in [1.29, 1.82) is 0 Å². The molecule has 0 amide bonds. The maximum atomic E-state index is 6.44. The quantitative estimate of drug-likeness (QED) is 0.754. The van der Waals surface area contributed by atoms with Gasteiger partial charge in [-0.2, -0.15) is 0 Å². The van der Waals surface area contributed by atoms with Crippen molar-refractivity contribution in [1.82, 2.24) is 0 Å². The van der Waals surface area contributed by atoms with Crippen molar-refractivity contribution >= 4 is 34.2 Å². The molecule has 1 unspecified atom stereocenters. The fourth-order valence-electron chi connectivity index (χ4n) is 2.24. The molecule has 0 radical (unpaired) electrons.